The summed E-state index contributed by atoms with van der Waals surface area (Å²) in [6.07, 6.45) is -2.88. The topological polar surface area (TPSA) is 37.4 Å². The van der Waals surface area contributed by atoms with Crippen molar-refractivity contribution in [3.05, 3.63) is 75.4 Å². The minimum atomic E-state index is -4.44. The summed E-state index contributed by atoms with van der Waals surface area (Å²) < 4.78 is 38.8. The highest BCUT2D eigenvalue weighted by Gasteiger charge is 2.40. The lowest BCUT2D eigenvalue weighted by Gasteiger charge is -2.39. The molecule has 0 bridgehead atoms. The highest BCUT2D eigenvalue weighted by molar-refractivity contribution is 6.31. The molecule has 1 aliphatic heterocycles. The van der Waals surface area contributed by atoms with Crippen molar-refractivity contribution in [1.29, 1.82) is 0 Å². The van der Waals surface area contributed by atoms with E-state index in [2.05, 4.69) is 0 Å². The smallest absolute Gasteiger partial charge is 0.294 e. The maximum atomic E-state index is 13.2. The van der Waals surface area contributed by atoms with Gasteiger partial charge in [0.15, 0.2) is 5.78 Å². The first-order valence-corrected chi connectivity index (χ1v) is 10.1. The number of aryl methyl sites for hydroxylation is 1. The Balaban J connectivity index is 1.83. The van der Waals surface area contributed by atoms with E-state index in [9.17, 15) is 22.8 Å². The number of carbonyl (C=O) groups excluding carboxylic acids is 2. The Morgan fingerprint density at radius 1 is 1.03 bits per heavy atom. The van der Waals surface area contributed by atoms with Crippen LogP contribution in [0.3, 0.4) is 0 Å². The summed E-state index contributed by atoms with van der Waals surface area (Å²) in [6.45, 7) is 1.87. The van der Waals surface area contributed by atoms with E-state index >= 15 is 0 Å². The predicted octanol–water partition coefficient (Wildman–Crippen LogP) is 6.19. The molecular weight excluding hydrogens is 415 g/mol. The predicted molar refractivity (Wildman–Crippen MR) is 108 cm³/mol. The van der Waals surface area contributed by atoms with Crippen molar-refractivity contribution in [2.75, 3.05) is 4.90 Å². The molecule has 0 saturated heterocycles. The summed E-state index contributed by atoms with van der Waals surface area (Å²) in [5, 5.41) is 0.484. The van der Waals surface area contributed by atoms with Crippen LogP contribution in [0.15, 0.2) is 53.7 Å². The van der Waals surface area contributed by atoms with E-state index in [-0.39, 0.29) is 18.1 Å². The van der Waals surface area contributed by atoms with E-state index in [4.69, 9.17) is 11.6 Å². The molecule has 30 heavy (non-hydrogen) atoms. The summed E-state index contributed by atoms with van der Waals surface area (Å²) in [5.74, 6) is -0.796. The lowest BCUT2D eigenvalue weighted by molar-refractivity contribution is -0.137. The van der Waals surface area contributed by atoms with Gasteiger partial charge >= 0.3 is 6.18 Å². The molecule has 1 heterocycles. The van der Waals surface area contributed by atoms with Crippen molar-refractivity contribution in [2.45, 2.75) is 44.7 Å². The van der Waals surface area contributed by atoms with Crippen molar-refractivity contribution >= 4 is 29.0 Å². The molecule has 0 saturated carbocycles. The minimum absolute atomic E-state index is 0.0158. The number of anilines is 1. The molecule has 1 unspecified atom stereocenters. The maximum absolute atomic E-state index is 13.2. The molecule has 156 valence electrons. The Labute approximate surface area is 177 Å². The van der Waals surface area contributed by atoms with Gasteiger partial charge in [0.1, 0.15) is 0 Å². The third-order valence-electron chi connectivity index (χ3n) is 5.73. The molecule has 1 aliphatic carbocycles. The number of ketones is 1. The van der Waals surface area contributed by atoms with Gasteiger partial charge in [0.05, 0.1) is 11.3 Å². The molecule has 2 aromatic rings. The summed E-state index contributed by atoms with van der Waals surface area (Å²) in [6, 6.07) is 10.00. The van der Waals surface area contributed by atoms with Gasteiger partial charge in [0.25, 0.3) is 0 Å². The van der Waals surface area contributed by atoms with E-state index in [1.807, 2.05) is 13.0 Å². The van der Waals surface area contributed by atoms with Crippen LogP contribution in [0.2, 0.25) is 5.02 Å². The number of rotatable bonds is 2. The molecule has 2 aliphatic rings. The molecule has 0 radical (unpaired) electrons. The van der Waals surface area contributed by atoms with Crippen molar-refractivity contribution in [2.24, 2.45) is 0 Å². The van der Waals surface area contributed by atoms with Crippen LogP contribution >= 0.6 is 11.6 Å². The van der Waals surface area contributed by atoms with Crippen molar-refractivity contribution in [3.8, 4) is 0 Å². The number of Topliss-reactive ketones (excluding diaryl/α,β-unsaturated/α-hetero) is 1. The zero-order chi connectivity index (χ0) is 21.6. The van der Waals surface area contributed by atoms with Crippen LogP contribution in [0, 0.1) is 6.92 Å². The first kappa shape index (κ1) is 20.7. The van der Waals surface area contributed by atoms with Crippen LogP contribution in [-0.4, -0.2) is 11.7 Å². The standard InChI is InChI=1S/C23H19ClF3NO2/c1-13-5-10-16(24)11-19(13)28-18-3-2-4-20(29)22(18)17(12-21(28)30)14-6-8-15(9-7-14)23(25,26)27/h5-11,17H,2-4,12H2,1H3. The van der Waals surface area contributed by atoms with Crippen molar-refractivity contribution in [3.63, 3.8) is 0 Å². The highest BCUT2D eigenvalue weighted by atomic mass is 35.5. The first-order chi connectivity index (χ1) is 14.2. The summed E-state index contributed by atoms with van der Waals surface area (Å²) in [7, 11) is 0. The third kappa shape index (κ3) is 3.65. The molecule has 0 aromatic heterocycles. The number of nitrogens with zero attached hydrogens (tertiary/aromatic N) is 1. The first-order valence-electron chi connectivity index (χ1n) is 9.69. The second-order valence-electron chi connectivity index (χ2n) is 7.67. The second kappa shape index (κ2) is 7.58. The van der Waals surface area contributed by atoms with Crippen molar-refractivity contribution < 1.29 is 22.8 Å². The molecular formula is C23H19ClF3NO2. The van der Waals surface area contributed by atoms with Gasteiger partial charge in [-0.1, -0.05) is 29.8 Å². The van der Waals surface area contributed by atoms with Gasteiger partial charge in [0, 0.05) is 35.1 Å². The van der Waals surface area contributed by atoms with Crippen molar-refractivity contribution in [1.82, 2.24) is 0 Å². The molecule has 1 amide bonds. The minimum Gasteiger partial charge on any atom is -0.294 e. The lowest BCUT2D eigenvalue weighted by atomic mass is 9.77. The number of carbonyl (C=O) groups is 2. The SMILES string of the molecule is Cc1ccc(Cl)cc1N1C(=O)CC(c2ccc(C(F)(F)F)cc2)C2=C1CCCC2=O. The summed E-state index contributed by atoms with van der Waals surface area (Å²) in [4.78, 5) is 27.6. The Kier molecular flexibility index (Phi) is 5.22. The van der Waals surface area contributed by atoms with E-state index in [0.29, 0.717) is 46.8 Å². The normalized spacial score (nSPS) is 19.9. The van der Waals surface area contributed by atoms with Gasteiger partial charge in [-0.2, -0.15) is 13.2 Å². The maximum Gasteiger partial charge on any atom is 0.416 e. The molecule has 0 N–H and O–H groups in total. The number of benzene rings is 2. The van der Waals surface area contributed by atoms with Gasteiger partial charge < -0.3 is 0 Å². The number of halogens is 4. The largest absolute Gasteiger partial charge is 0.416 e. The number of allylic oxidation sites excluding steroid dienone is 2. The zero-order valence-corrected chi connectivity index (χ0v) is 17.0. The van der Waals surface area contributed by atoms with Crippen LogP contribution in [0.4, 0.5) is 18.9 Å². The third-order valence-corrected chi connectivity index (χ3v) is 5.96. The summed E-state index contributed by atoms with van der Waals surface area (Å²) >= 11 is 6.15. The van der Waals surface area contributed by atoms with E-state index in [1.165, 1.54) is 12.1 Å². The Morgan fingerprint density at radius 3 is 2.40 bits per heavy atom. The molecule has 0 spiro atoms. The molecule has 2 aromatic carbocycles. The van der Waals surface area contributed by atoms with Gasteiger partial charge in [-0.25, -0.2) is 0 Å². The van der Waals surface area contributed by atoms with Crippen LogP contribution in [0.25, 0.3) is 0 Å². The average molecular weight is 434 g/mol. The van der Waals surface area contributed by atoms with E-state index in [1.54, 1.807) is 17.0 Å². The Bertz CT molecular complexity index is 1060. The Morgan fingerprint density at radius 2 is 1.73 bits per heavy atom. The Hall–Kier alpha value is -2.60. The van der Waals surface area contributed by atoms with Crippen LogP contribution in [0.1, 0.15) is 48.3 Å². The fourth-order valence-electron chi connectivity index (χ4n) is 4.28. The number of hydrogen-bond donors (Lipinski definition) is 0. The van der Waals surface area contributed by atoms with E-state index in [0.717, 1.165) is 17.7 Å². The van der Waals surface area contributed by atoms with Gasteiger partial charge in [-0.3, -0.25) is 14.5 Å². The van der Waals surface area contributed by atoms with E-state index < -0.39 is 17.7 Å². The lowest BCUT2D eigenvalue weighted by Crippen LogP contribution is -2.40. The number of amides is 1. The highest BCUT2D eigenvalue weighted by Crippen LogP contribution is 2.44. The van der Waals surface area contributed by atoms with Gasteiger partial charge in [-0.15, -0.1) is 0 Å². The quantitative estimate of drug-likeness (QED) is 0.566. The number of alkyl halides is 3. The molecule has 0 fully saturated rings. The number of hydrogen-bond acceptors (Lipinski definition) is 2. The fraction of sp³-hybridized carbons (Fsp3) is 0.304. The molecule has 7 heteroatoms. The van der Waals surface area contributed by atoms with Gasteiger partial charge in [0.2, 0.25) is 5.91 Å². The summed E-state index contributed by atoms with van der Waals surface area (Å²) in [5.41, 5.74) is 2.44. The average Bonchev–Trinajstić information content (AvgIpc) is 2.69. The monoisotopic (exact) mass is 433 g/mol. The second-order valence-corrected chi connectivity index (χ2v) is 8.11. The zero-order valence-electron chi connectivity index (χ0n) is 16.2. The van der Waals surface area contributed by atoms with Gasteiger partial charge in [-0.05, 0) is 55.2 Å². The molecule has 4 rings (SSSR count). The molecule has 1 atom stereocenters. The van der Waals surface area contributed by atoms with Crippen LogP contribution in [0.5, 0.6) is 0 Å². The van der Waals surface area contributed by atoms with Crippen LogP contribution in [-0.2, 0) is 15.8 Å². The van der Waals surface area contributed by atoms with Crippen LogP contribution < -0.4 is 4.90 Å². The molecule has 3 nitrogen and oxygen atoms in total. The fourth-order valence-corrected chi connectivity index (χ4v) is 4.45.